The topological polar surface area (TPSA) is 58.2 Å². The monoisotopic (exact) mass is 232 g/mol. The van der Waals surface area contributed by atoms with Crippen LogP contribution in [0.25, 0.3) is 0 Å². The first-order valence-corrected chi connectivity index (χ1v) is 4.35. The van der Waals surface area contributed by atoms with Crippen LogP contribution in [0.4, 0.5) is 5.69 Å². The highest BCUT2D eigenvalue weighted by molar-refractivity contribution is 6.36. The second kappa shape index (κ2) is 4.83. The van der Waals surface area contributed by atoms with E-state index in [0.717, 1.165) is 0 Å². The van der Waals surface area contributed by atoms with Gasteiger partial charge in [0.2, 0.25) is 6.29 Å². The van der Waals surface area contributed by atoms with E-state index in [9.17, 15) is 9.59 Å². The van der Waals surface area contributed by atoms with Crippen LogP contribution in [0.5, 0.6) is 0 Å². The number of anilines is 1. The molecule has 74 valence electrons. The molecule has 0 aliphatic carbocycles. The van der Waals surface area contributed by atoms with Crippen molar-refractivity contribution >= 4 is 41.1 Å². The number of hydrogen-bond donors (Lipinski definition) is 2. The lowest BCUT2D eigenvalue weighted by Gasteiger charge is -2.07. The van der Waals surface area contributed by atoms with Crippen molar-refractivity contribution in [2.24, 2.45) is 0 Å². The summed E-state index contributed by atoms with van der Waals surface area (Å²) in [6.07, 6.45) is 0.150. The van der Waals surface area contributed by atoms with Gasteiger partial charge in [0, 0.05) is 5.02 Å². The fraction of sp³-hybridized carbons (Fsp3) is 0. The van der Waals surface area contributed by atoms with Crippen LogP contribution < -0.4 is 10.9 Å². The summed E-state index contributed by atoms with van der Waals surface area (Å²) in [7, 11) is 0. The Balaban J connectivity index is 2.68. The predicted molar refractivity (Wildman–Crippen MR) is 54.3 cm³/mol. The van der Waals surface area contributed by atoms with Gasteiger partial charge in [-0.15, -0.1) is 0 Å². The molecule has 0 unspecified atom stereocenters. The third-order valence-corrected chi connectivity index (χ3v) is 1.91. The first-order chi connectivity index (χ1) is 6.63. The molecule has 0 saturated carbocycles. The summed E-state index contributed by atoms with van der Waals surface area (Å²) in [5, 5.41) is 0.839. The van der Waals surface area contributed by atoms with Crippen molar-refractivity contribution in [1.82, 2.24) is 5.43 Å². The number of carbonyl (C=O) groups excluding carboxylic acids is 2. The smallest absolute Gasteiger partial charge is 0.297 e. The lowest BCUT2D eigenvalue weighted by Crippen LogP contribution is -2.30. The molecule has 0 bridgehead atoms. The van der Waals surface area contributed by atoms with Crippen molar-refractivity contribution in [3.63, 3.8) is 0 Å². The molecule has 0 aliphatic heterocycles. The number of halogens is 2. The molecule has 0 fully saturated rings. The Morgan fingerprint density at radius 1 is 1.36 bits per heavy atom. The molecular formula is C8H6Cl2N2O2. The maximum Gasteiger partial charge on any atom is 0.302 e. The number of aldehydes is 1. The maximum absolute atomic E-state index is 10.6. The van der Waals surface area contributed by atoms with Crippen LogP contribution in [0.15, 0.2) is 18.2 Å². The average molecular weight is 233 g/mol. The predicted octanol–water partition coefficient (Wildman–Crippen LogP) is 1.64. The molecule has 0 aromatic heterocycles. The van der Waals surface area contributed by atoms with E-state index in [-0.39, 0.29) is 6.29 Å². The van der Waals surface area contributed by atoms with E-state index in [1.165, 1.54) is 6.07 Å². The van der Waals surface area contributed by atoms with Gasteiger partial charge >= 0.3 is 5.91 Å². The highest BCUT2D eigenvalue weighted by Gasteiger charge is 2.01. The highest BCUT2D eigenvalue weighted by Crippen LogP contribution is 2.24. The third-order valence-electron chi connectivity index (χ3n) is 1.36. The molecule has 0 saturated heterocycles. The van der Waals surface area contributed by atoms with E-state index >= 15 is 0 Å². The molecule has 0 aliphatic rings. The standard InChI is InChI=1S/C8H6Cl2N2O2/c9-5-1-2-7(6(10)3-5)11-12-8(14)4-13/h1-4,11H,(H,12,14). The van der Waals surface area contributed by atoms with Crippen LogP contribution >= 0.6 is 23.2 Å². The molecule has 0 heterocycles. The van der Waals surface area contributed by atoms with Crippen LogP contribution in [0, 0.1) is 0 Å². The Morgan fingerprint density at radius 3 is 2.64 bits per heavy atom. The molecule has 1 rings (SSSR count). The molecule has 4 nitrogen and oxygen atoms in total. The molecule has 14 heavy (non-hydrogen) atoms. The van der Waals surface area contributed by atoms with Crippen LogP contribution in [-0.4, -0.2) is 12.2 Å². The molecule has 0 radical (unpaired) electrons. The molecule has 6 heteroatoms. The minimum atomic E-state index is -0.781. The second-order valence-corrected chi connectivity index (χ2v) is 3.20. The van der Waals surface area contributed by atoms with Gasteiger partial charge in [0.1, 0.15) is 0 Å². The largest absolute Gasteiger partial charge is 0.302 e. The van der Waals surface area contributed by atoms with E-state index < -0.39 is 5.91 Å². The van der Waals surface area contributed by atoms with Crippen LogP contribution in [-0.2, 0) is 9.59 Å². The quantitative estimate of drug-likeness (QED) is 0.474. The minimum Gasteiger partial charge on any atom is -0.297 e. The average Bonchev–Trinajstić information content (AvgIpc) is 2.16. The number of carbonyl (C=O) groups is 2. The number of rotatable bonds is 3. The number of amides is 1. The zero-order chi connectivity index (χ0) is 10.6. The van der Waals surface area contributed by atoms with E-state index in [0.29, 0.717) is 15.7 Å². The Hall–Kier alpha value is -1.26. The Morgan fingerprint density at radius 2 is 2.07 bits per heavy atom. The Kier molecular flexibility index (Phi) is 3.73. The van der Waals surface area contributed by atoms with Gasteiger partial charge in [-0.05, 0) is 18.2 Å². The fourth-order valence-electron chi connectivity index (χ4n) is 0.749. The first kappa shape index (κ1) is 10.8. The lowest BCUT2D eigenvalue weighted by molar-refractivity contribution is -0.130. The Bertz CT molecular complexity index is 368. The van der Waals surface area contributed by atoms with Crippen molar-refractivity contribution < 1.29 is 9.59 Å². The van der Waals surface area contributed by atoms with Gasteiger partial charge in [-0.2, -0.15) is 0 Å². The second-order valence-electron chi connectivity index (χ2n) is 2.36. The van der Waals surface area contributed by atoms with E-state index in [4.69, 9.17) is 23.2 Å². The number of nitrogens with one attached hydrogen (secondary N) is 2. The zero-order valence-electron chi connectivity index (χ0n) is 6.88. The molecule has 2 N–H and O–H groups in total. The SMILES string of the molecule is O=CC(=O)NNc1ccc(Cl)cc1Cl. The third kappa shape index (κ3) is 2.90. The number of benzene rings is 1. The van der Waals surface area contributed by atoms with Gasteiger partial charge in [-0.25, -0.2) is 0 Å². The van der Waals surface area contributed by atoms with Crippen molar-refractivity contribution in [3.8, 4) is 0 Å². The normalized spacial score (nSPS) is 9.29. The molecule has 1 amide bonds. The molecule has 1 aromatic rings. The van der Waals surface area contributed by atoms with Gasteiger partial charge in [-0.1, -0.05) is 23.2 Å². The summed E-state index contributed by atoms with van der Waals surface area (Å²) in [6, 6.07) is 4.69. The number of hydrazine groups is 1. The summed E-state index contributed by atoms with van der Waals surface area (Å²) in [5.41, 5.74) is 5.06. The van der Waals surface area contributed by atoms with E-state index in [1.54, 1.807) is 12.1 Å². The maximum atomic E-state index is 10.6. The van der Waals surface area contributed by atoms with Crippen LogP contribution in [0.2, 0.25) is 10.0 Å². The van der Waals surface area contributed by atoms with Crippen molar-refractivity contribution in [3.05, 3.63) is 28.2 Å². The van der Waals surface area contributed by atoms with E-state index in [1.807, 2.05) is 0 Å². The van der Waals surface area contributed by atoms with Gasteiger partial charge in [0.05, 0.1) is 10.7 Å². The summed E-state index contributed by atoms with van der Waals surface area (Å²) in [6.45, 7) is 0. The van der Waals surface area contributed by atoms with Crippen molar-refractivity contribution in [1.29, 1.82) is 0 Å². The van der Waals surface area contributed by atoms with Gasteiger partial charge in [-0.3, -0.25) is 20.4 Å². The van der Waals surface area contributed by atoms with Crippen LogP contribution in [0.3, 0.4) is 0 Å². The molecular weight excluding hydrogens is 227 g/mol. The zero-order valence-corrected chi connectivity index (χ0v) is 8.39. The highest BCUT2D eigenvalue weighted by atomic mass is 35.5. The Labute approximate surface area is 90.2 Å². The molecule has 1 aromatic carbocycles. The van der Waals surface area contributed by atoms with Gasteiger partial charge < -0.3 is 0 Å². The van der Waals surface area contributed by atoms with Crippen molar-refractivity contribution in [2.75, 3.05) is 5.43 Å². The molecule has 0 spiro atoms. The van der Waals surface area contributed by atoms with Crippen LogP contribution in [0.1, 0.15) is 0 Å². The lowest BCUT2D eigenvalue weighted by atomic mass is 10.3. The first-order valence-electron chi connectivity index (χ1n) is 3.59. The molecule has 0 atom stereocenters. The van der Waals surface area contributed by atoms with E-state index in [2.05, 4.69) is 10.9 Å². The summed E-state index contributed by atoms with van der Waals surface area (Å²) < 4.78 is 0. The summed E-state index contributed by atoms with van der Waals surface area (Å²) >= 11 is 11.4. The van der Waals surface area contributed by atoms with Gasteiger partial charge in [0.25, 0.3) is 0 Å². The minimum absolute atomic E-state index is 0.150. The summed E-state index contributed by atoms with van der Waals surface area (Å²) in [4.78, 5) is 20.5. The summed E-state index contributed by atoms with van der Waals surface area (Å²) in [5.74, 6) is -0.781. The van der Waals surface area contributed by atoms with Gasteiger partial charge in [0.15, 0.2) is 0 Å². The fourth-order valence-corrected chi connectivity index (χ4v) is 1.20. The number of hydrogen-bond acceptors (Lipinski definition) is 3. The van der Waals surface area contributed by atoms with Crippen molar-refractivity contribution in [2.45, 2.75) is 0 Å².